The van der Waals surface area contributed by atoms with E-state index in [0.29, 0.717) is 11.8 Å². The van der Waals surface area contributed by atoms with E-state index in [1.807, 2.05) is 12.1 Å². The van der Waals surface area contributed by atoms with Gasteiger partial charge in [-0.1, -0.05) is 6.07 Å². The van der Waals surface area contributed by atoms with Crippen molar-refractivity contribution in [1.82, 2.24) is 0 Å². The van der Waals surface area contributed by atoms with Gasteiger partial charge in [-0.2, -0.15) is 0 Å². The lowest BCUT2D eigenvalue weighted by atomic mass is 10.1. The van der Waals surface area contributed by atoms with Crippen molar-refractivity contribution >= 4 is 0 Å². The first-order chi connectivity index (χ1) is 6.13. The Kier molecular flexibility index (Phi) is 3.14. The van der Waals surface area contributed by atoms with Gasteiger partial charge in [0.05, 0.1) is 13.2 Å². The summed E-state index contributed by atoms with van der Waals surface area (Å²) in [6.45, 7) is 2.05. The fourth-order valence-corrected chi connectivity index (χ4v) is 1.25. The topological polar surface area (TPSA) is 57.1 Å². The predicted molar refractivity (Wildman–Crippen MR) is 50.7 cm³/mol. The molecule has 0 aliphatic heterocycles. The van der Waals surface area contributed by atoms with Crippen molar-refractivity contribution in [1.29, 1.82) is 0 Å². The molecule has 13 heavy (non-hydrogen) atoms. The summed E-state index contributed by atoms with van der Waals surface area (Å²) in [4.78, 5) is 0. The zero-order chi connectivity index (χ0) is 9.84. The second-order valence-corrected chi connectivity index (χ2v) is 3.32. The van der Waals surface area contributed by atoms with Crippen LogP contribution in [0.4, 0.5) is 0 Å². The molecule has 0 heterocycles. The molecule has 3 nitrogen and oxygen atoms in total. The SMILES string of the molecule is COc1cc(C[C@@H](C)[NH3+])ccc1O. The van der Waals surface area contributed by atoms with Crippen LogP contribution in [0.5, 0.6) is 11.5 Å². The number of methoxy groups -OCH3 is 1. The molecule has 0 radical (unpaired) electrons. The quantitative estimate of drug-likeness (QED) is 0.718. The first kappa shape index (κ1) is 9.86. The summed E-state index contributed by atoms with van der Waals surface area (Å²) < 4.78 is 5.00. The first-order valence-electron chi connectivity index (χ1n) is 4.32. The normalized spacial score (nSPS) is 12.5. The highest BCUT2D eigenvalue weighted by Gasteiger charge is 2.05. The van der Waals surface area contributed by atoms with Crippen molar-refractivity contribution in [2.45, 2.75) is 19.4 Å². The van der Waals surface area contributed by atoms with Crippen molar-refractivity contribution < 1.29 is 15.6 Å². The molecule has 0 amide bonds. The third-order valence-corrected chi connectivity index (χ3v) is 1.83. The van der Waals surface area contributed by atoms with Gasteiger partial charge in [0.25, 0.3) is 0 Å². The minimum atomic E-state index is 0.183. The molecule has 1 aromatic carbocycles. The smallest absolute Gasteiger partial charge is 0.160 e. The highest BCUT2D eigenvalue weighted by molar-refractivity contribution is 5.41. The molecular formula is C10H16NO2+. The van der Waals surface area contributed by atoms with Gasteiger partial charge >= 0.3 is 0 Å². The number of hydrogen-bond donors (Lipinski definition) is 2. The number of phenolic OH excluding ortho intramolecular Hbond substituents is 1. The Morgan fingerprint density at radius 1 is 1.54 bits per heavy atom. The summed E-state index contributed by atoms with van der Waals surface area (Å²) in [7, 11) is 1.55. The van der Waals surface area contributed by atoms with Crippen LogP contribution in [0.15, 0.2) is 18.2 Å². The van der Waals surface area contributed by atoms with Crippen LogP contribution < -0.4 is 10.5 Å². The number of benzene rings is 1. The highest BCUT2D eigenvalue weighted by Crippen LogP contribution is 2.26. The fraction of sp³-hybridized carbons (Fsp3) is 0.400. The predicted octanol–water partition coefficient (Wildman–Crippen LogP) is 0.574. The van der Waals surface area contributed by atoms with Crippen molar-refractivity contribution in [3.05, 3.63) is 23.8 Å². The molecule has 3 heteroatoms. The van der Waals surface area contributed by atoms with Gasteiger partial charge in [0.1, 0.15) is 0 Å². The Morgan fingerprint density at radius 2 is 2.23 bits per heavy atom. The van der Waals surface area contributed by atoms with Crippen LogP contribution in [0.2, 0.25) is 0 Å². The molecule has 0 unspecified atom stereocenters. The third kappa shape index (κ3) is 2.63. The van der Waals surface area contributed by atoms with Crippen LogP contribution >= 0.6 is 0 Å². The van der Waals surface area contributed by atoms with Gasteiger partial charge in [-0.3, -0.25) is 0 Å². The van der Waals surface area contributed by atoms with Crippen LogP contribution in [0.25, 0.3) is 0 Å². The molecular weight excluding hydrogens is 166 g/mol. The van der Waals surface area contributed by atoms with Crippen LogP contribution in [0.3, 0.4) is 0 Å². The van der Waals surface area contributed by atoms with E-state index < -0.39 is 0 Å². The molecule has 1 atom stereocenters. The summed E-state index contributed by atoms with van der Waals surface area (Å²) in [6.07, 6.45) is 0.899. The monoisotopic (exact) mass is 182 g/mol. The average Bonchev–Trinajstić information content (AvgIpc) is 2.07. The molecule has 0 aromatic heterocycles. The highest BCUT2D eigenvalue weighted by atomic mass is 16.5. The number of ether oxygens (including phenoxy) is 1. The fourth-order valence-electron chi connectivity index (χ4n) is 1.25. The van der Waals surface area contributed by atoms with E-state index in [1.165, 1.54) is 0 Å². The summed E-state index contributed by atoms with van der Waals surface area (Å²) in [5.41, 5.74) is 5.04. The third-order valence-electron chi connectivity index (χ3n) is 1.83. The van der Waals surface area contributed by atoms with Gasteiger partial charge in [-0.25, -0.2) is 0 Å². The number of hydrogen-bond acceptors (Lipinski definition) is 2. The molecule has 0 saturated carbocycles. The Labute approximate surface area is 78.1 Å². The minimum Gasteiger partial charge on any atom is -0.504 e. The van der Waals surface area contributed by atoms with E-state index in [2.05, 4.69) is 12.7 Å². The summed E-state index contributed by atoms with van der Waals surface area (Å²) in [5.74, 6) is 0.709. The van der Waals surface area contributed by atoms with E-state index in [1.54, 1.807) is 13.2 Å². The molecule has 0 aliphatic rings. The van der Waals surface area contributed by atoms with Gasteiger partial charge in [0.2, 0.25) is 0 Å². The molecule has 0 spiro atoms. The zero-order valence-electron chi connectivity index (χ0n) is 8.08. The molecule has 0 bridgehead atoms. The van der Waals surface area contributed by atoms with Crippen LogP contribution in [-0.4, -0.2) is 18.3 Å². The lowest BCUT2D eigenvalue weighted by Gasteiger charge is -2.06. The molecule has 0 aliphatic carbocycles. The van der Waals surface area contributed by atoms with Gasteiger partial charge < -0.3 is 15.6 Å². The molecule has 72 valence electrons. The maximum absolute atomic E-state index is 9.33. The summed E-state index contributed by atoms with van der Waals surface area (Å²) >= 11 is 0. The Balaban J connectivity index is 2.86. The van der Waals surface area contributed by atoms with Gasteiger partial charge in [-0.15, -0.1) is 0 Å². The van der Waals surface area contributed by atoms with Crippen molar-refractivity contribution in [2.75, 3.05) is 7.11 Å². The molecule has 1 rings (SSSR count). The van der Waals surface area contributed by atoms with E-state index >= 15 is 0 Å². The van der Waals surface area contributed by atoms with Crippen LogP contribution in [0, 0.1) is 0 Å². The van der Waals surface area contributed by atoms with Crippen molar-refractivity contribution in [2.24, 2.45) is 0 Å². The van der Waals surface area contributed by atoms with Crippen molar-refractivity contribution in [3.8, 4) is 11.5 Å². The lowest BCUT2D eigenvalue weighted by Crippen LogP contribution is -2.60. The maximum atomic E-state index is 9.33. The maximum Gasteiger partial charge on any atom is 0.160 e. The number of rotatable bonds is 3. The average molecular weight is 182 g/mol. The second kappa shape index (κ2) is 4.14. The van der Waals surface area contributed by atoms with Gasteiger partial charge in [-0.05, 0) is 24.6 Å². The number of phenols is 1. The number of quaternary nitrogens is 1. The molecule has 0 fully saturated rings. The van der Waals surface area contributed by atoms with Crippen molar-refractivity contribution in [3.63, 3.8) is 0 Å². The first-order valence-corrected chi connectivity index (χ1v) is 4.32. The van der Waals surface area contributed by atoms with Crippen LogP contribution in [0.1, 0.15) is 12.5 Å². The lowest BCUT2D eigenvalue weighted by molar-refractivity contribution is -0.413. The second-order valence-electron chi connectivity index (χ2n) is 3.32. The summed E-state index contributed by atoms with van der Waals surface area (Å²) in [5, 5.41) is 9.33. The van der Waals surface area contributed by atoms with Crippen LogP contribution in [-0.2, 0) is 6.42 Å². The standard InChI is InChI=1S/C10H15NO2/c1-7(11)5-8-3-4-9(12)10(6-8)13-2/h3-4,6-7,12H,5,11H2,1-2H3/p+1/t7-/m1/s1. The molecule has 1 aromatic rings. The minimum absolute atomic E-state index is 0.183. The largest absolute Gasteiger partial charge is 0.504 e. The number of aromatic hydroxyl groups is 1. The Bertz CT molecular complexity index is 284. The summed E-state index contributed by atoms with van der Waals surface area (Å²) in [6, 6.07) is 5.75. The molecule has 0 saturated heterocycles. The van der Waals surface area contributed by atoms with Gasteiger partial charge in [0.15, 0.2) is 11.5 Å². The molecule has 4 N–H and O–H groups in total. The van der Waals surface area contributed by atoms with E-state index in [4.69, 9.17) is 4.74 Å². The Morgan fingerprint density at radius 3 is 2.77 bits per heavy atom. The van der Waals surface area contributed by atoms with Gasteiger partial charge in [0, 0.05) is 6.42 Å². The van der Waals surface area contributed by atoms with E-state index in [0.717, 1.165) is 12.0 Å². The zero-order valence-corrected chi connectivity index (χ0v) is 8.08. The van der Waals surface area contributed by atoms with E-state index in [9.17, 15) is 5.11 Å². The Hall–Kier alpha value is -1.22. The van der Waals surface area contributed by atoms with E-state index in [-0.39, 0.29) is 5.75 Å².